The molecule has 0 radical (unpaired) electrons. The maximum absolute atomic E-state index is 13.5. The molecule has 0 fully saturated rings. The van der Waals surface area contributed by atoms with E-state index >= 15 is 0 Å². The van der Waals surface area contributed by atoms with Crippen molar-refractivity contribution < 1.29 is 18.7 Å². The Bertz CT molecular complexity index is 535. The lowest BCUT2D eigenvalue weighted by Gasteiger charge is -2.10. The maximum Gasteiger partial charge on any atom is 0.338 e. The molecule has 0 aliphatic carbocycles. The fourth-order valence-corrected chi connectivity index (χ4v) is 1.31. The van der Waals surface area contributed by atoms with Crippen LogP contribution in [0, 0.1) is 24.1 Å². The van der Waals surface area contributed by atoms with Gasteiger partial charge in [-0.15, -0.1) is 0 Å². The van der Waals surface area contributed by atoms with Crippen LogP contribution in [0.15, 0.2) is 12.1 Å². The fourth-order valence-electron chi connectivity index (χ4n) is 1.31. The number of nitriles is 1. The van der Waals surface area contributed by atoms with Crippen LogP contribution >= 0.6 is 0 Å². The number of hydrogen-bond donors (Lipinski definition) is 1. The Morgan fingerprint density at radius 1 is 1.50 bits per heavy atom. The molecule has 0 saturated heterocycles. The Morgan fingerprint density at radius 2 is 2.17 bits per heavy atom. The topological polar surface area (TPSA) is 79.2 Å². The third kappa shape index (κ3) is 3.04. The first-order valence-corrected chi connectivity index (χ1v) is 5.05. The number of methoxy groups -OCH3 is 1. The quantitative estimate of drug-likeness (QED) is 0.829. The van der Waals surface area contributed by atoms with Gasteiger partial charge in [-0.25, -0.2) is 9.18 Å². The molecule has 6 heteroatoms. The summed E-state index contributed by atoms with van der Waals surface area (Å²) in [5.41, 5.74) is 0.331. The Balaban J connectivity index is 3.11. The average Bonchev–Trinajstić information content (AvgIpc) is 2.34. The molecule has 0 aliphatic heterocycles. The molecule has 1 rings (SSSR count). The van der Waals surface area contributed by atoms with Gasteiger partial charge in [-0.1, -0.05) is 0 Å². The number of benzene rings is 1. The number of ether oxygens (including phenoxy) is 1. The summed E-state index contributed by atoms with van der Waals surface area (Å²) in [5, 5.41) is 10.7. The number of amides is 1. The molecule has 1 N–H and O–H groups in total. The van der Waals surface area contributed by atoms with E-state index in [-0.39, 0.29) is 23.2 Å². The minimum Gasteiger partial charge on any atom is -0.465 e. The molecule has 1 amide bonds. The van der Waals surface area contributed by atoms with E-state index in [2.05, 4.69) is 10.1 Å². The second-order valence-electron chi connectivity index (χ2n) is 3.51. The molecule has 0 aliphatic rings. The number of rotatable bonds is 3. The number of esters is 1. The van der Waals surface area contributed by atoms with Crippen molar-refractivity contribution >= 4 is 17.6 Å². The van der Waals surface area contributed by atoms with Gasteiger partial charge in [-0.2, -0.15) is 5.26 Å². The van der Waals surface area contributed by atoms with E-state index in [9.17, 15) is 14.0 Å². The summed E-state index contributed by atoms with van der Waals surface area (Å²) in [6.45, 7) is 1.46. The SMILES string of the molecule is COC(=O)c1cc(F)c(C)c(NC(=O)CC#N)c1. The minimum absolute atomic E-state index is 0.00661. The summed E-state index contributed by atoms with van der Waals surface area (Å²) in [4.78, 5) is 22.5. The predicted octanol–water partition coefficient (Wildman–Crippen LogP) is 1.77. The number of anilines is 1. The fraction of sp³-hybridized carbons (Fsp3) is 0.250. The monoisotopic (exact) mass is 250 g/mol. The number of carbonyl (C=O) groups is 2. The second kappa shape index (κ2) is 5.77. The van der Waals surface area contributed by atoms with Crippen molar-refractivity contribution in [3.05, 3.63) is 29.1 Å². The van der Waals surface area contributed by atoms with Gasteiger partial charge in [-0.3, -0.25) is 4.79 Å². The largest absolute Gasteiger partial charge is 0.465 e. The van der Waals surface area contributed by atoms with E-state index in [4.69, 9.17) is 5.26 Å². The van der Waals surface area contributed by atoms with E-state index in [1.54, 1.807) is 6.07 Å². The van der Waals surface area contributed by atoms with Crippen molar-refractivity contribution in [2.75, 3.05) is 12.4 Å². The van der Waals surface area contributed by atoms with Crippen molar-refractivity contribution in [3.8, 4) is 6.07 Å². The smallest absolute Gasteiger partial charge is 0.338 e. The lowest BCUT2D eigenvalue weighted by Crippen LogP contribution is -2.13. The van der Waals surface area contributed by atoms with Gasteiger partial charge < -0.3 is 10.1 Å². The highest BCUT2D eigenvalue weighted by molar-refractivity contribution is 5.96. The first-order chi connectivity index (χ1) is 8.49. The number of carbonyl (C=O) groups excluding carboxylic acids is 2. The van der Waals surface area contributed by atoms with Crippen LogP contribution in [-0.4, -0.2) is 19.0 Å². The van der Waals surface area contributed by atoms with Crippen LogP contribution in [0.1, 0.15) is 22.3 Å². The van der Waals surface area contributed by atoms with Crippen LogP contribution in [0.5, 0.6) is 0 Å². The van der Waals surface area contributed by atoms with E-state index in [1.165, 1.54) is 20.1 Å². The maximum atomic E-state index is 13.5. The molecule has 0 aromatic heterocycles. The third-order valence-electron chi connectivity index (χ3n) is 2.28. The molecule has 0 bridgehead atoms. The number of hydrogen-bond acceptors (Lipinski definition) is 4. The minimum atomic E-state index is -0.704. The number of halogens is 1. The van der Waals surface area contributed by atoms with Crippen LogP contribution in [0.2, 0.25) is 0 Å². The second-order valence-corrected chi connectivity index (χ2v) is 3.51. The average molecular weight is 250 g/mol. The molecule has 0 spiro atoms. The molecule has 18 heavy (non-hydrogen) atoms. The van der Waals surface area contributed by atoms with Crippen molar-refractivity contribution in [2.45, 2.75) is 13.3 Å². The third-order valence-corrected chi connectivity index (χ3v) is 2.28. The zero-order valence-corrected chi connectivity index (χ0v) is 9.91. The summed E-state index contributed by atoms with van der Waals surface area (Å²) in [5.74, 6) is -1.91. The van der Waals surface area contributed by atoms with Gasteiger partial charge in [0.1, 0.15) is 12.2 Å². The van der Waals surface area contributed by atoms with Crippen molar-refractivity contribution in [2.24, 2.45) is 0 Å². The van der Waals surface area contributed by atoms with Crippen LogP contribution < -0.4 is 5.32 Å². The molecule has 94 valence electrons. The van der Waals surface area contributed by atoms with Gasteiger partial charge in [0, 0.05) is 11.3 Å². The highest BCUT2D eigenvalue weighted by atomic mass is 19.1. The predicted molar refractivity (Wildman–Crippen MR) is 61.3 cm³/mol. The molecule has 5 nitrogen and oxygen atoms in total. The van der Waals surface area contributed by atoms with Crippen LogP contribution in [0.4, 0.5) is 10.1 Å². The standard InChI is InChI=1S/C12H11FN2O3/c1-7-9(13)5-8(12(17)18-2)6-10(7)15-11(16)3-4-14/h5-6H,3H2,1-2H3,(H,15,16). The molecule has 1 aromatic carbocycles. The molecule has 0 saturated carbocycles. The summed E-state index contributed by atoms with van der Waals surface area (Å²) in [7, 11) is 1.17. The molecular weight excluding hydrogens is 239 g/mol. The first-order valence-electron chi connectivity index (χ1n) is 5.05. The van der Waals surface area contributed by atoms with Crippen molar-refractivity contribution in [1.29, 1.82) is 5.26 Å². The van der Waals surface area contributed by atoms with Gasteiger partial charge in [0.25, 0.3) is 0 Å². The summed E-state index contributed by atoms with van der Waals surface area (Å²) < 4.78 is 18.0. The molecule has 1 aromatic rings. The summed E-state index contributed by atoms with van der Waals surface area (Å²) in [6.07, 6.45) is -0.344. The van der Waals surface area contributed by atoms with Gasteiger partial charge in [0.15, 0.2) is 0 Å². The highest BCUT2D eigenvalue weighted by Gasteiger charge is 2.14. The molecule has 0 heterocycles. The number of nitrogens with zero attached hydrogens (tertiary/aromatic N) is 1. The van der Waals surface area contributed by atoms with Gasteiger partial charge in [0.05, 0.1) is 18.7 Å². The zero-order chi connectivity index (χ0) is 13.7. The highest BCUT2D eigenvalue weighted by Crippen LogP contribution is 2.21. The lowest BCUT2D eigenvalue weighted by molar-refractivity contribution is -0.115. The van der Waals surface area contributed by atoms with E-state index in [0.29, 0.717) is 0 Å². The van der Waals surface area contributed by atoms with E-state index < -0.39 is 17.7 Å². The Morgan fingerprint density at radius 3 is 2.72 bits per heavy atom. The number of nitrogens with one attached hydrogen (secondary N) is 1. The van der Waals surface area contributed by atoms with Crippen LogP contribution in [0.3, 0.4) is 0 Å². The van der Waals surface area contributed by atoms with Crippen LogP contribution in [-0.2, 0) is 9.53 Å². The van der Waals surface area contributed by atoms with E-state index in [0.717, 1.165) is 6.07 Å². The van der Waals surface area contributed by atoms with Gasteiger partial charge in [-0.05, 0) is 19.1 Å². The molecule has 0 atom stereocenters. The van der Waals surface area contributed by atoms with Gasteiger partial charge >= 0.3 is 5.97 Å². The summed E-state index contributed by atoms with van der Waals surface area (Å²) in [6, 6.07) is 4.01. The Hall–Kier alpha value is -2.42. The zero-order valence-electron chi connectivity index (χ0n) is 9.91. The Kier molecular flexibility index (Phi) is 4.38. The molecule has 0 unspecified atom stereocenters. The normalized spacial score (nSPS) is 9.44. The van der Waals surface area contributed by atoms with Crippen LogP contribution in [0.25, 0.3) is 0 Å². The van der Waals surface area contributed by atoms with Crippen molar-refractivity contribution in [1.82, 2.24) is 0 Å². The lowest BCUT2D eigenvalue weighted by atomic mass is 10.1. The van der Waals surface area contributed by atoms with Crippen molar-refractivity contribution in [3.63, 3.8) is 0 Å². The molecular formula is C12H11FN2O3. The Labute approximate surface area is 103 Å². The first kappa shape index (κ1) is 13.6. The summed E-state index contributed by atoms with van der Waals surface area (Å²) >= 11 is 0. The van der Waals surface area contributed by atoms with E-state index in [1.807, 2.05) is 0 Å². The van der Waals surface area contributed by atoms with Gasteiger partial charge in [0.2, 0.25) is 5.91 Å².